The van der Waals surface area contributed by atoms with Crippen molar-refractivity contribution in [1.82, 2.24) is 5.43 Å². The Bertz CT molecular complexity index is 867. The molecule has 2 aromatic carbocycles. The van der Waals surface area contributed by atoms with Gasteiger partial charge in [0.25, 0.3) is 5.69 Å². The minimum absolute atomic E-state index is 0.165. The highest BCUT2D eigenvalue weighted by Crippen LogP contribution is 2.19. The van der Waals surface area contributed by atoms with E-state index >= 15 is 0 Å². The maximum Gasteiger partial charge on any atom is 0.329 e. The van der Waals surface area contributed by atoms with Crippen LogP contribution in [0.3, 0.4) is 0 Å². The lowest BCUT2D eigenvalue weighted by molar-refractivity contribution is -0.385. The number of carbonyl (C=O) groups is 2. The smallest absolute Gasteiger partial charge is 0.317 e. The van der Waals surface area contributed by atoms with Gasteiger partial charge in [0.05, 0.1) is 16.7 Å². The molecule has 0 saturated heterocycles. The molecule has 0 fully saturated rings. The molecule has 128 valence electrons. The molecular weight excluding hydrogens is 348 g/mol. The van der Waals surface area contributed by atoms with Crippen LogP contribution in [-0.2, 0) is 9.59 Å². The summed E-state index contributed by atoms with van der Waals surface area (Å²) in [6.45, 7) is 1.73. The molecule has 0 aromatic heterocycles. The van der Waals surface area contributed by atoms with E-state index in [1.807, 2.05) is 5.43 Å². The number of para-hydroxylation sites is 1. The number of nitrogens with zero attached hydrogens (tertiary/aromatic N) is 2. The summed E-state index contributed by atoms with van der Waals surface area (Å²) >= 11 is 5.82. The Morgan fingerprint density at radius 2 is 1.92 bits per heavy atom. The van der Waals surface area contributed by atoms with E-state index < -0.39 is 16.7 Å². The number of rotatable bonds is 4. The molecule has 0 heterocycles. The SMILES string of the molecule is Cc1cc(Cl)ccc1NC(=O)C(=O)NN=Cc1ccccc1[N+](=O)[O-]. The Hall–Kier alpha value is -3.26. The third kappa shape index (κ3) is 4.85. The average Bonchev–Trinajstić information content (AvgIpc) is 2.57. The first-order chi connectivity index (χ1) is 11.9. The number of halogens is 1. The fraction of sp³-hybridized carbons (Fsp3) is 0.0625. The van der Waals surface area contributed by atoms with Gasteiger partial charge < -0.3 is 5.32 Å². The quantitative estimate of drug-likeness (QED) is 0.377. The van der Waals surface area contributed by atoms with Gasteiger partial charge in [0.15, 0.2) is 0 Å². The molecular formula is C16H13ClN4O4. The van der Waals surface area contributed by atoms with Crippen LogP contribution in [0.25, 0.3) is 0 Å². The second kappa shape index (κ2) is 8.02. The van der Waals surface area contributed by atoms with Crippen molar-refractivity contribution in [2.45, 2.75) is 6.92 Å². The number of nitro groups is 1. The number of benzene rings is 2. The van der Waals surface area contributed by atoms with E-state index in [2.05, 4.69) is 10.4 Å². The average molecular weight is 361 g/mol. The molecule has 0 saturated carbocycles. The van der Waals surface area contributed by atoms with Crippen molar-refractivity contribution in [3.63, 3.8) is 0 Å². The van der Waals surface area contributed by atoms with Crippen LogP contribution >= 0.6 is 11.6 Å². The van der Waals surface area contributed by atoms with Crippen molar-refractivity contribution in [1.29, 1.82) is 0 Å². The first-order valence-electron chi connectivity index (χ1n) is 7.02. The number of anilines is 1. The molecule has 9 heteroatoms. The third-order valence-corrected chi connectivity index (χ3v) is 3.38. The highest BCUT2D eigenvalue weighted by molar-refractivity contribution is 6.39. The summed E-state index contributed by atoms with van der Waals surface area (Å²) in [5, 5.41) is 17.4. The van der Waals surface area contributed by atoms with Gasteiger partial charge in [-0.25, -0.2) is 5.43 Å². The summed E-state index contributed by atoms with van der Waals surface area (Å²) in [6.07, 6.45) is 1.09. The zero-order valence-corrected chi connectivity index (χ0v) is 13.8. The van der Waals surface area contributed by atoms with E-state index in [4.69, 9.17) is 11.6 Å². The molecule has 2 rings (SSSR count). The van der Waals surface area contributed by atoms with E-state index in [1.165, 1.54) is 18.2 Å². The van der Waals surface area contributed by atoms with E-state index in [0.29, 0.717) is 16.3 Å². The Morgan fingerprint density at radius 1 is 1.20 bits per heavy atom. The number of nitrogens with one attached hydrogen (secondary N) is 2. The summed E-state index contributed by atoms with van der Waals surface area (Å²) in [5.74, 6) is -1.94. The van der Waals surface area contributed by atoms with Crippen molar-refractivity contribution >= 4 is 41.0 Å². The summed E-state index contributed by atoms with van der Waals surface area (Å²) in [7, 11) is 0. The summed E-state index contributed by atoms with van der Waals surface area (Å²) < 4.78 is 0. The first kappa shape index (κ1) is 18.1. The van der Waals surface area contributed by atoms with Crippen LogP contribution in [0.15, 0.2) is 47.6 Å². The minimum atomic E-state index is -1.01. The summed E-state index contributed by atoms with van der Waals surface area (Å²) in [4.78, 5) is 33.9. The van der Waals surface area contributed by atoms with Gasteiger partial charge in [0.2, 0.25) is 0 Å². The number of carbonyl (C=O) groups excluding carboxylic acids is 2. The highest BCUT2D eigenvalue weighted by Gasteiger charge is 2.15. The van der Waals surface area contributed by atoms with Crippen molar-refractivity contribution in [2.24, 2.45) is 5.10 Å². The van der Waals surface area contributed by atoms with Crippen LogP contribution in [-0.4, -0.2) is 23.0 Å². The van der Waals surface area contributed by atoms with Crippen molar-refractivity contribution in [3.8, 4) is 0 Å². The number of hydrogen-bond acceptors (Lipinski definition) is 5. The molecule has 0 aliphatic carbocycles. The highest BCUT2D eigenvalue weighted by atomic mass is 35.5. The zero-order chi connectivity index (χ0) is 18.4. The van der Waals surface area contributed by atoms with E-state index in [1.54, 1.807) is 31.2 Å². The second-order valence-corrected chi connectivity index (χ2v) is 5.36. The van der Waals surface area contributed by atoms with Crippen molar-refractivity contribution in [3.05, 3.63) is 68.7 Å². The van der Waals surface area contributed by atoms with Crippen LogP contribution in [0.1, 0.15) is 11.1 Å². The molecule has 0 bridgehead atoms. The minimum Gasteiger partial charge on any atom is -0.317 e. The fourth-order valence-corrected chi connectivity index (χ4v) is 2.15. The maximum atomic E-state index is 11.8. The lowest BCUT2D eigenvalue weighted by atomic mass is 10.2. The van der Waals surface area contributed by atoms with Gasteiger partial charge in [-0.2, -0.15) is 5.10 Å². The number of hydrazone groups is 1. The van der Waals surface area contributed by atoms with E-state index in [-0.39, 0.29) is 11.3 Å². The fourth-order valence-electron chi connectivity index (χ4n) is 1.92. The van der Waals surface area contributed by atoms with Crippen LogP contribution < -0.4 is 10.7 Å². The van der Waals surface area contributed by atoms with Gasteiger partial charge in [0.1, 0.15) is 0 Å². The normalized spacial score (nSPS) is 10.5. The van der Waals surface area contributed by atoms with E-state index in [9.17, 15) is 19.7 Å². The molecule has 8 nitrogen and oxygen atoms in total. The Balaban J connectivity index is 2.00. The third-order valence-electron chi connectivity index (χ3n) is 3.15. The van der Waals surface area contributed by atoms with Crippen LogP contribution in [0.5, 0.6) is 0 Å². The van der Waals surface area contributed by atoms with Gasteiger partial charge in [-0.05, 0) is 36.8 Å². The molecule has 0 spiro atoms. The predicted molar refractivity (Wildman–Crippen MR) is 93.7 cm³/mol. The van der Waals surface area contributed by atoms with E-state index in [0.717, 1.165) is 6.21 Å². The molecule has 2 N–H and O–H groups in total. The van der Waals surface area contributed by atoms with Crippen LogP contribution in [0.2, 0.25) is 5.02 Å². The molecule has 25 heavy (non-hydrogen) atoms. The molecule has 2 aromatic rings. The largest absolute Gasteiger partial charge is 0.329 e. The lowest BCUT2D eigenvalue weighted by Crippen LogP contribution is -2.32. The molecule has 2 amide bonds. The van der Waals surface area contributed by atoms with Gasteiger partial charge >= 0.3 is 11.8 Å². The Kier molecular flexibility index (Phi) is 5.80. The summed E-state index contributed by atoms with van der Waals surface area (Å²) in [6, 6.07) is 10.7. The molecule has 0 aliphatic rings. The first-order valence-corrected chi connectivity index (χ1v) is 7.40. The summed E-state index contributed by atoms with van der Waals surface area (Å²) in [5.41, 5.74) is 3.18. The van der Waals surface area contributed by atoms with Gasteiger partial charge in [-0.1, -0.05) is 23.7 Å². The zero-order valence-electron chi connectivity index (χ0n) is 13.0. The topological polar surface area (TPSA) is 114 Å². The molecule has 0 radical (unpaired) electrons. The Morgan fingerprint density at radius 3 is 2.60 bits per heavy atom. The monoisotopic (exact) mass is 360 g/mol. The maximum absolute atomic E-state index is 11.8. The number of nitro benzene ring substituents is 1. The Labute approximate surface area is 147 Å². The molecule has 0 unspecified atom stereocenters. The van der Waals surface area contributed by atoms with Gasteiger partial charge in [0, 0.05) is 16.8 Å². The molecule has 0 aliphatic heterocycles. The predicted octanol–water partition coefficient (Wildman–Crippen LogP) is 2.65. The number of hydrogen-bond donors (Lipinski definition) is 2. The van der Waals surface area contributed by atoms with Crippen LogP contribution in [0, 0.1) is 17.0 Å². The lowest BCUT2D eigenvalue weighted by Gasteiger charge is -2.07. The number of amides is 2. The van der Waals surface area contributed by atoms with Gasteiger partial charge in [-0.15, -0.1) is 0 Å². The van der Waals surface area contributed by atoms with Crippen molar-refractivity contribution in [2.75, 3.05) is 5.32 Å². The second-order valence-electron chi connectivity index (χ2n) is 4.93. The standard InChI is InChI=1S/C16H13ClN4O4/c1-10-8-12(17)6-7-13(10)19-15(22)16(23)20-18-9-11-4-2-3-5-14(11)21(24)25/h2-9H,1H3,(H,19,22)(H,20,23). The van der Waals surface area contributed by atoms with Crippen molar-refractivity contribution < 1.29 is 14.5 Å². The molecule has 0 atom stereocenters. The van der Waals surface area contributed by atoms with Crippen LogP contribution in [0.4, 0.5) is 11.4 Å². The van der Waals surface area contributed by atoms with Gasteiger partial charge in [-0.3, -0.25) is 19.7 Å². The number of aryl methyl sites for hydroxylation is 1.